The number of rotatable bonds is 7. The summed E-state index contributed by atoms with van der Waals surface area (Å²) in [5.74, 6) is 0. The van der Waals surface area contributed by atoms with Crippen LogP contribution in [0.2, 0.25) is 0 Å². The van der Waals surface area contributed by atoms with E-state index >= 15 is 0 Å². The Morgan fingerprint density at radius 3 is 1.92 bits per heavy atom. The average Bonchev–Trinajstić information content (AvgIpc) is 2.54. The number of benzene rings is 2. The Bertz CT molecular complexity index is 646. The SMILES string of the molecule is CN(C)CCCC(O)(c1ccccc1)c1ccccc1C(C)(C)O. The van der Waals surface area contributed by atoms with Crippen molar-refractivity contribution in [2.24, 2.45) is 0 Å². The number of nitrogens with zero attached hydrogens (tertiary/aromatic N) is 1. The van der Waals surface area contributed by atoms with E-state index in [2.05, 4.69) is 4.90 Å². The number of hydrogen-bond donors (Lipinski definition) is 2. The Kier molecular flexibility index (Phi) is 5.81. The van der Waals surface area contributed by atoms with E-state index < -0.39 is 11.2 Å². The van der Waals surface area contributed by atoms with Gasteiger partial charge in [-0.15, -0.1) is 0 Å². The van der Waals surface area contributed by atoms with Crippen molar-refractivity contribution in [1.82, 2.24) is 4.90 Å². The van der Waals surface area contributed by atoms with Gasteiger partial charge in [0.05, 0.1) is 5.60 Å². The fourth-order valence-electron chi connectivity index (χ4n) is 3.18. The molecule has 0 fully saturated rings. The second-order valence-corrected chi connectivity index (χ2v) is 7.24. The van der Waals surface area contributed by atoms with Gasteiger partial charge in [-0.2, -0.15) is 0 Å². The van der Waals surface area contributed by atoms with Crippen LogP contribution in [-0.2, 0) is 11.2 Å². The highest BCUT2D eigenvalue weighted by Crippen LogP contribution is 2.39. The fourth-order valence-corrected chi connectivity index (χ4v) is 3.18. The molecule has 2 N–H and O–H groups in total. The highest BCUT2D eigenvalue weighted by molar-refractivity contribution is 5.43. The fraction of sp³-hybridized carbons (Fsp3) is 0.429. The third-order valence-corrected chi connectivity index (χ3v) is 4.43. The maximum atomic E-state index is 11.7. The molecule has 130 valence electrons. The van der Waals surface area contributed by atoms with Gasteiger partial charge in [0.2, 0.25) is 0 Å². The first-order valence-corrected chi connectivity index (χ1v) is 8.50. The standard InChI is InChI=1S/C21H29NO2/c1-20(2,23)18-13-8-9-14-19(18)21(24,15-10-16-22(3)4)17-11-6-5-7-12-17/h5-9,11-14,23-24H,10,15-16H2,1-4H3. The Labute approximate surface area is 145 Å². The lowest BCUT2D eigenvalue weighted by molar-refractivity contribution is 0.0464. The van der Waals surface area contributed by atoms with Crippen molar-refractivity contribution in [2.45, 2.75) is 37.9 Å². The van der Waals surface area contributed by atoms with E-state index in [1.165, 1.54) is 0 Å². The monoisotopic (exact) mass is 327 g/mol. The molecule has 0 aliphatic carbocycles. The van der Waals surface area contributed by atoms with Gasteiger partial charge in [-0.05, 0) is 64.0 Å². The molecule has 0 spiro atoms. The third kappa shape index (κ3) is 4.23. The predicted molar refractivity (Wildman–Crippen MR) is 98.9 cm³/mol. The lowest BCUT2D eigenvalue weighted by atomic mass is 9.77. The van der Waals surface area contributed by atoms with Crippen molar-refractivity contribution in [1.29, 1.82) is 0 Å². The Balaban J connectivity index is 2.51. The lowest BCUT2D eigenvalue weighted by Crippen LogP contribution is -2.33. The summed E-state index contributed by atoms with van der Waals surface area (Å²) < 4.78 is 0. The molecule has 0 aliphatic rings. The summed E-state index contributed by atoms with van der Waals surface area (Å²) in [6.07, 6.45) is 1.46. The van der Waals surface area contributed by atoms with Crippen LogP contribution in [0.4, 0.5) is 0 Å². The molecule has 0 aromatic heterocycles. The Morgan fingerprint density at radius 1 is 0.833 bits per heavy atom. The van der Waals surface area contributed by atoms with E-state index in [0.717, 1.165) is 29.7 Å². The summed E-state index contributed by atoms with van der Waals surface area (Å²) in [5, 5.41) is 22.3. The zero-order valence-corrected chi connectivity index (χ0v) is 15.2. The molecule has 2 rings (SSSR count). The van der Waals surface area contributed by atoms with Gasteiger partial charge in [-0.25, -0.2) is 0 Å². The molecular weight excluding hydrogens is 298 g/mol. The van der Waals surface area contributed by atoms with Crippen LogP contribution in [0, 0.1) is 0 Å². The molecular formula is C21H29NO2. The number of aliphatic hydroxyl groups is 2. The van der Waals surface area contributed by atoms with Gasteiger partial charge in [0, 0.05) is 0 Å². The van der Waals surface area contributed by atoms with Crippen LogP contribution in [-0.4, -0.2) is 35.8 Å². The summed E-state index contributed by atoms with van der Waals surface area (Å²) in [6.45, 7) is 4.42. The molecule has 2 aromatic rings. The topological polar surface area (TPSA) is 43.7 Å². The molecule has 3 nitrogen and oxygen atoms in total. The predicted octanol–water partition coefficient (Wildman–Crippen LogP) is 3.49. The van der Waals surface area contributed by atoms with Crippen LogP contribution >= 0.6 is 0 Å². The summed E-state index contributed by atoms with van der Waals surface area (Å²) in [7, 11) is 4.07. The normalized spacial score (nSPS) is 14.6. The largest absolute Gasteiger partial charge is 0.386 e. The highest BCUT2D eigenvalue weighted by atomic mass is 16.3. The van der Waals surface area contributed by atoms with Crippen LogP contribution in [0.5, 0.6) is 0 Å². The average molecular weight is 327 g/mol. The zero-order valence-electron chi connectivity index (χ0n) is 15.2. The first-order valence-electron chi connectivity index (χ1n) is 8.50. The molecule has 2 aromatic carbocycles. The van der Waals surface area contributed by atoms with Crippen molar-refractivity contribution in [3.05, 3.63) is 71.3 Å². The van der Waals surface area contributed by atoms with Gasteiger partial charge in [0.1, 0.15) is 5.60 Å². The van der Waals surface area contributed by atoms with E-state index in [-0.39, 0.29) is 0 Å². The molecule has 0 radical (unpaired) electrons. The minimum Gasteiger partial charge on any atom is -0.386 e. The summed E-state index contributed by atoms with van der Waals surface area (Å²) in [5.41, 5.74) is 0.276. The maximum Gasteiger partial charge on any atom is 0.115 e. The molecule has 0 saturated heterocycles. The van der Waals surface area contributed by atoms with E-state index in [1.807, 2.05) is 68.7 Å². The molecule has 0 heterocycles. The third-order valence-electron chi connectivity index (χ3n) is 4.43. The molecule has 0 saturated carbocycles. The minimum atomic E-state index is -1.12. The Morgan fingerprint density at radius 2 is 1.38 bits per heavy atom. The van der Waals surface area contributed by atoms with Crippen molar-refractivity contribution in [3.63, 3.8) is 0 Å². The van der Waals surface area contributed by atoms with Crippen molar-refractivity contribution in [2.75, 3.05) is 20.6 Å². The van der Waals surface area contributed by atoms with Gasteiger partial charge >= 0.3 is 0 Å². The smallest absolute Gasteiger partial charge is 0.115 e. The Hall–Kier alpha value is -1.68. The zero-order chi connectivity index (χ0) is 17.8. The first-order chi connectivity index (χ1) is 11.2. The van der Waals surface area contributed by atoms with E-state index in [0.29, 0.717) is 6.42 Å². The maximum absolute atomic E-state index is 11.7. The summed E-state index contributed by atoms with van der Waals surface area (Å²) in [4.78, 5) is 2.12. The minimum absolute atomic E-state index is 0.599. The van der Waals surface area contributed by atoms with Crippen LogP contribution in [0.25, 0.3) is 0 Å². The van der Waals surface area contributed by atoms with Crippen molar-refractivity contribution < 1.29 is 10.2 Å². The quantitative estimate of drug-likeness (QED) is 0.818. The van der Waals surface area contributed by atoms with Gasteiger partial charge in [-0.1, -0.05) is 54.6 Å². The number of hydrogen-bond acceptors (Lipinski definition) is 3. The molecule has 24 heavy (non-hydrogen) atoms. The molecule has 1 atom stereocenters. The van der Waals surface area contributed by atoms with Crippen LogP contribution in [0.15, 0.2) is 54.6 Å². The molecule has 0 aliphatic heterocycles. The molecule has 0 bridgehead atoms. The van der Waals surface area contributed by atoms with Crippen LogP contribution in [0.3, 0.4) is 0 Å². The van der Waals surface area contributed by atoms with E-state index in [4.69, 9.17) is 0 Å². The van der Waals surface area contributed by atoms with Gasteiger partial charge in [0.25, 0.3) is 0 Å². The highest BCUT2D eigenvalue weighted by Gasteiger charge is 2.35. The van der Waals surface area contributed by atoms with Crippen LogP contribution in [0.1, 0.15) is 43.4 Å². The van der Waals surface area contributed by atoms with Gasteiger partial charge < -0.3 is 15.1 Å². The van der Waals surface area contributed by atoms with Gasteiger partial charge in [-0.3, -0.25) is 0 Å². The van der Waals surface area contributed by atoms with E-state index in [1.54, 1.807) is 13.8 Å². The summed E-state index contributed by atoms with van der Waals surface area (Å²) in [6, 6.07) is 17.4. The summed E-state index contributed by atoms with van der Waals surface area (Å²) >= 11 is 0. The second kappa shape index (κ2) is 7.47. The second-order valence-electron chi connectivity index (χ2n) is 7.24. The van der Waals surface area contributed by atoms with Crippen molar-refractivity contribution in [3.8, 4) is 0 Å². The van der Waals surface area contributed by atoms with Gasteiger partial charge in [0.15, 0.2) is 0 Å². The lowest BCUT2D eigenvalue weighted by Gasteiger charge is -2.34. The molecule has 1 unspecified atom stereocenters. The van der Waals surface area contributed by atoms with E-state index in [9.17, 15) is 10.2 Å². The molecule has 3 heteroatoms. The van der Waals surface area contributed by atoms with Crippen molar-refractivity contribution >= 4 is 0 Å². The first kappa shape index (κ1) is 18.7. The van der Waals surface area contributed by atoms with Crippen LogP contribution < -0.4 is 0 Å². The molecule has 0 amide bonds.